The van der Waals surface area contributed by atoms with Crippen molar-refractivity contribution in [1.82, 2.24) is 0 Å². The molecule has 31 heavy (non-hydrogen) atoms. The normalized spacial score (nSPS) is 14.8. The number of rotatable bonds is 7. The summed E-state index contributed by atoms with van der Waals surface area (Å²) in [5.41, 5.74) is 2.56. The molecule has 1 aliphatic rings. The number of aryl methyl sites for hydroxylation is 1. The van der Waals surface area contributed by atoms with Gasteiger partial charge in [0.15, 0.2) is 22.4 Å². The number of esters is 1. The van der Waals surface area contributed by atoms with Crippen LogP contribution < -0.4 is 14.4 Å². The minimum absolute atomic E-state index is 0.169. The monoisotopic (exact) mass is 569 g/mol. The fourth-order valence-corrected chi connectivity index (χ4v) is 4.99. The van der Waals surface area contributed by atoms with E-state index in [0.717, 1.165) is 20.4 Å². The van der Waals surface area contributed by atoms with E-state index in [9.17, 15) is 9.59 Å². The Morgan fingerprint density at radius 2 is 2.06 bits per heavy atom. The molecule has 3 rings (SSSR count). The van der Waals surface area contributed by atoms with Crippen molar-refractivity contribution < 1.29 is 23.8 Å². The largest absolute Gasteiger partial charge is 0.493 e. The molecule has 0 atom stereocenters. The topological polar surface area (TPSA) is 65.1 Å². The third kappa shape index (κ3) is 5.58. The van der Waals surface area contributed by atoms with Crippen molar-refractivity contribution in [3.63, 3.8) is 0 Å². The molecule has 0 aliphatic carbocycles. The summed E-state index contributed by atoms with van der Waals surface area (Å²) in [5, 5.41) is 0. The van der Waals surface area contributed by atoms with Gasteiger partial charge in [-0.25, -0.2) is 4.79 Å². The van der Waals surface area contributed by atoms with Crippen LogP contribution in [0.15, 0.2) is 41.3 Å². The first-order chi connectivity index (χ1) is 14.8. The van der Waals surface area contributed by atoms with Crippen molar-refractivity contribution in [1.29, 1.82) is 0 Å². The van der Waals surface area contributed by atoms with Crippen molar-refractivity contribution in [3.05, 3.63) is 56.0 Å². The highest BCUT2D eigenvalue weighted by molar-refractivity contribution is 14.1. The maximum atomic E-state index is 13.0. The van der Waals surface area contributed by atoms with Crippen LogP contribution in [0.2, 0.25) is 0 Å². The predicted molar refractivity (Wildman–Crippen MR) is 135 cm³/mol. The zero-order chi connectivity index (χ0) is 22.5. The Morgan fingerprint density at radius 3 is 2.74 bits per heavy atom. The molecule has 0 spiro atoms. The van der Waals surface area contributed by atoms with Crippen LogP contribution in [0, 0.1) is 10.5 Å². The molecule has 0 aromatic heterocycles. The number of carbonyl (C=O) groups is 2. The Labute approximate surface area is 204 Å². The number of halogens is 1. The molecule has 0 saturated carbocycles. The lowest BCUT2D eigenvalue weighted by atomic mass is 10.1. The van der Waals surface area contributed by atoms with Gasteiger partial charge < -0.3 is 14.2 Å². The number of anilines is 1. The first-order valence-electron chi connectivity index (χ1n) is 9.34. The fraction of sp³-hybridized carbons (Fsp3) is 0.227. The third-order valence-electron chi connectivity index (χ3n) is 4.24. The average Bonchev–Trinajstić information content (AvgIpc) is 3.00. The van der Waals surface area contributed by atoms with Crippen molar-refractivity contribution in [2.45, 2.75) is 13.8 Å². The Morgan fingerprint density at radius 1 is 1.29 bits per heavy atom. The highest BCUT2D eigenvalue weighted by atomic mass is 127. The minimum atomic E-state index is -0.454. The smallest absolute Gasteiger partial charge is 0.344 e. The molecule has 1 amide bonds. The van der Waals surface area contributed by atoms with Gasteiger partial charge in [-0.15, -0.1) is 0 Å². The van der Waals surface area contributed by atoms with Crippen LogP contribution >= 0.6 is 46.6 Å². The molecule has 1 fully saturated rings. The number of ether oxygens (including phenoxy) is 3. The molecule has 1 saturated heterocycles. The highest BCUT2D eigenvalue weighted by Gasteiger charge is 2.33. The molecule has 1 aliphatic heterocycles. The number of thiocarbonyl (C=S) groups is 1. The van der Waals surface area contributed by atoms with Gasteiger partial charge in [-0.3, -0.25) is 9.69 Å². The van der Waals surface area contributed by atoms with E-state index < -0.39 is 5.97 Å². The third-order valence-corrected chi connectivity index (χ3v) is 6.35. The molecule has 0 N–H and O–H groups in total. The lowest BCUT2D eigenvalue weighted by Crippen LogP contribution is -2.27. The van der Waals surface area contributed by atoms with Gasteiger partial charge in [0, 0.05) is 0 Å². The lowest BCUT2D eigenvalue weighted by Gasteiger charge is -2.15. The number of amides is 1. The second-order valence-electron chi connectivity index (χ2n) is 6.48. The quantitative estimate of drug-likeness (QED) is 0.202. The van der Waals surface area contributed by atoms with E-state index in [1.54, 1.807) is 19.1 Å². The van der Waals surface area contributed by atoms with Crippen LogP contribution in [-0.2, 0) is 14.3 Å². The number of hydrogen-bond acceptors (Lipinski definition) is 7. The summed E-state index contributed by atoms with van der Waals surface area (Å²) in [6, 6.07) is 11.3. The molecule has 162 valence electrons. The second kappa shape index (κ2) is 10.5. The SMILES string of the molecule is CCOC(=O)COc1c(I)cc(/C=C2\SC(=S)N(c3cccc(C)c3)C2=O)cc1OC. The Bertz CT molecular complexity index is 1070. The fourth-order valence-electron chi connectivity index (χ4n) is 2.91. The maximum absolute atomic E-state index is 13.0. The number of methoxy groups -OCH3 is 1. The second-order valence-corrected chi connectivity index (χ2v) is 9.32. The van der Waals surface area contributed by atoms with Gasteiger partial charge in [-0.1, -0.05) is 36.1 Å². The zero-order valence-corrected chi connectivity index (χ0v) is 20.9. The summed E-state index contributed by atoms with van der Waals surface area (Å²) in [7, 11) is 1.52. The van der Waals surface area contributed by atoms with E-state index in [4.69, 9.17) is 26.4 Å². The van der Waals surface area contributed by atoms with Crippen molar-refractivity contribution in [3.8, 4) is 11.5 Å². The van der Waals surface area contributed by atoms with E-state index in [-0.39, 0.29) is 19.1 Å². The van der Waals surface area contributed by atoms with Gasteiger partial charge >= 0.3 is 5.97 Å². The van der Waals surface area contributed by atoms with E-state index in [1.807, 2.05) is 37.3 Å². The lowest BCUT2D eigenvalue weighted by molar-refractivity contribution is -0.145. The van der Waals surface area contributed by atoms with Crippen LogP contribution in [0.25, 0.3) is 6.08 Å². The summed E-state index contributed by atoms with van der Waals surface area (Å²) < 4.78 is 17.1. The standard InChI is InChI=1S/C22H20INO5S2/c1-4-28-19(25)12-29-20-16(23)9-14(10-17(20)27-3)11-18-21(26)24(22(30)31-18)15-7-5-6-13(2)8-15/h5-11H,4,12H2,1-3H3/b18-11-. The molecular formula is C22H20INO5S2. The van der Waals surface area contributed by atoms with Crippen LogP contribution in [0.1, 0.15) is 18.1 Å². The predicted octanol–water partition coefficient (Wildman–Crippen LogP) is 4.96. The van der Waals surface area contributed by atoms with Crippen LogP contribution in [0.4, 0.5) is 5.69 Å². The maximum Gasteiger partial charge on any atom is 0.344 e. The summed E-state index contributed by atoms with van der Waals surface area (Å²) in [6.45, 7) is 3.78. The number of thioether (sulfide) groups is 1. The number of carbonyl (C=O) groups excluding carboxylic acids is 2. The van der Waals surface area contributed by atoms with E-state index in [2.05, 4.69) is 22.6 Å². The van der Waals surface area contributed by atoms with Gasteiger partial charge in [-0.05, 0) is 77.9 Å². The van der Waals surface area contributed by atoms with E-state index in [1.165, 1.54) is 23.8 Å². The van der Waals surface area contributed by atoms with Gasteiger partial charge in [0.25, 0.3) is 5.91 Å². The Kier molecular flexibility index (Phi) is 7.95. The molecule has 6 nitrogen and oxygen atoms in total. The van der Waals surface area contributed by atoms with Gasteiger partial charge in [0.05, 0.1) is 27.9 Å². The molecule has 2 aromatic rings. The van der Waals surface area contributed by atoms with Gasteiger partial charge in [0.1, 0.15) is 0 Å². The molecule has 9 heteroatoms. The average molecular weight is 569 g/mol. The summed E-state index contributed by atoms with van der Waals surface area (Å²) >= 11 is 8.80. The minimum Gasteiger partial charge on any atom is -0.493 e. The molecular weight excluding hydrogens is 549 g/mol. The molecule has 2 aromatic carbocycles. The molecule has 0 radical (unpaired) electrons. The first kappa shape index (κ1) is 23.6. The van der Waals surface area contributed by atoms with Gasteiger partial charge in [-0.2, -0.15) is 0 Å². The molecule has 0 bridgehead atoms. The van der Waals surface area contributed by atoms with Crippen LogP contribution in [-0.4, -0.2) is 36.5 Å². The van der Waals surface area contributed by atoms with Crippen LogP contribution in [0.5, 0.6) is 11.5 Å². The van der Waals surface area contributed by atoms with Crippen molar-refractivity contribution in [2.24, 2.45) is 0 Å². The van der Waals surface area contributed by atoms with Crippen LogP contribution in [0.3, 0.4) is 0 Å². The highest BCUT2D eigenvalue weighted by Crippen LogP contribution is 2.39. The summed E-state index contributed by atoms with van der Waals surface area (Å²) in [5.74, 6) is 0.277. The summed E-state index contributed by atoms with van der Waals surface area (Å²) in [6.07, 6.45) is 1.77. The Hall–Kier alpha value is -2.11. The van der Waals surface area contributed by atoms with Crippen molar-refractivity contribution in [2.75, 3.05) is 25.2 Å². The van der Waals surface area contributed by atoms with Crippen molar-refractivity contribution >= 4 is 74.5 Å². The van der Waals surface area contributed by atoms with Gasteiger partial charge in [0.2, 0.25) is 0 Å². The van der Waals surface area contributed by atoms with E-state index in [0.29, 0.717) is 20.7 Å². The molecule has 1 heterocycles. The first-order valence-corrected chi connectivity index (χ1v) is 11.6. The number of nitrogens with zero attached hydrogens (tertiary/aromatic N) is 1. The number of hydrogen-bond donors (Lipinski definition) is 0. The Balaban J connectivity index is 1.86. The molecule has 0 unspecified atom stereocenters. The van der Waals surface area contributed by atoms with E-state index >= 15 is 0 Å². The zero-order valence-electron chi connectivity index (χ0n) is 17.1. The summed E-state index contributed by atoms with van der Waals surface area (Å²) in [4.78, 5) is 26.7. The number of benzene rings is 2.